The van der Waals surface area contributed by atoms with Gasteiger partial charge in [-0.2, -0.15) is 0 Å². The number of anilines is 3. The fraction of sp³-hybridized carbons (Fsp3) is 0.125. The number of rotatable bonds is 13. The zero-order valence-electron chi connectivity index (χ0n) is 29.2. The van der Waals surface area contributed by atoms with Gasteiger partial charge in [0.15, 0.2) is 0 Å². The van der Waals surface area contributed by atoms with Gasteiger partial charge in [-0.15, -0.1) is 23.1 Å². The van der Waals surface area contributed by atoms with Crippen LogP contribution in [0.15, 0.2) is 114 Å². The lowest BCUT2D eigenvalue weighted by Crippen LogP contribution is -2.30. The van der Waals surface area contributed by atoms with Gasteiger partial charge in [0.2, 0.25) is 5.91 Å². The molecule has 0 saturated carbocycles. The molecule has 4 aromatic carbocycles. The van der Waals surface area contributed by atoms with Crippen LogP contribution >= 0.6 is 46.3 Å². The second-order valence-corrected chi connectivity index (χ2v) is 14.8. The highest BCUT2D eigenvalue weighted by molar-refractivity contribution is 8.00. The molecule has 10 nitrogen and oxygen atoms in total. The summed E-state index contributed by atoms with van der Waals surface area (Å²) < 4.78 is 5.25. The van der Waals surface area contributed by atoms with Crippen LogP contribution in [-0.2, 0) is 14.3 Å². The first kappa shape index (κ1) is 39.8. The van der Waals surface area contributed by atoms with Gasteiger partial charge in [0.05, 0.1) is 32.3 Å². The molecule has 0 aliphatic heterocycles. The molecule has 0 aliphatic rings. The highest BCUT2D eigenvalue weighted by Crippen LogP contribution is 2.36. The number of nitrogens with one attached hydrogen (secondary N) is 4. The Morgan fingerprint density at radius 2 is 1.48 bits per heavy atom. The van der Waals surface area contributed by atoms with Crippen LogP contribution in [0.3, 0.4) is 0 Å². The highest BCUT2D eigenvalue weighted by atomic mass is 35.5. The van der Waals surface area contributed by atoms with Crippen LogP contribution in [0.25, 0.3) is 6.08 Å². The van der Waals surface area contributed by atoms with Crippen LogP contribution in [-0.4, -0.2) is 41.5 Å². The first-order valence-electron chi connectivity index (χ1n) is 16.5. The number of esters is 1. The van der Waals surface area contributed by atoms with E-state index in [2.05, 4.69) is 21.3 Å². The molecule has 0 saturated heterocycles. The zero-order chi connectivity index (χ0) is 38.8. The summed E-state index contributed by atoms with van der Waals surface area (Å²) in [7, 11) is 0. The molecule has 0 spiro atoms. The number of ether oxygens (including phenoxy) is 1. The van der Waals surface area contributed by atoms with Crippen molar-refractivity contribution in [1.29, 1.82) is 0 Å². The third-order valence-corrected chi connectivity index (χ3v) is 10.8. The van der Waals surface area contributed by atoms with Crippen LogP contribution in [0.2, 0.25) is 10.0 Å². The molecule has 1 unspecified atom stereocenters. The Balaban J connectivity index is 1.32. The second kappa shape index (κ2) is 18.6. The Bertz CT molecular complexity index is 2230. The third kappa shape index (κ3) is 10.2. The fourth-order valence-electron chi connectivity index (χ4n) is 5.02. The number of thiophene rings is 1. The van der Waals surface area contributed by atoms with Crippen molar-refractivity contribution < 1.29 is 28.7 Å². The molecule has 1 atom stereocenters. The molecule has 0 bridgehead atoms. The molecule has 14 heteroatoms. The third-order valence-electron chi connectivity index (χ3n) is 7.69. The largest absolute Gasteiger partial charge is 0.462 e. The van der Waals surface area contributed by atoms with E-state index < -0.39 is 34.8 Å². The van der Waals surface area contributed by atoms with Crippen molar-refractivity contribution in [3.8, 4) is 0 Å². The number of thioether (sulfide) groups is 1. The zero-order valence-corrected chi connectivity index (χ0v) is 32.3. The average Bonchev–Trinajstić information content (AvgIpc) is 3.49. The van der Waals surface area contributed by atoms with Gasteiger partial charge >= 0.3 is 5.97 Å². The summed E-state index contributed by atoms with van der Waals surface area (Å²) in [6.45, 7) is 5.10. The highest BCUT2D eigenvalue weighted by Gasteiger charge is 2.28. The summed E-state index contributed by atoms with van der Waals surface area (Å²) in [6.07, 6.45) is 1.43. The number of para-hydroxylation sites is 1. The van der Waals surface area contributed by atoms with Crippen molar-refractivity contribution in [2.45, 2.75) is 30.9 Å². The molecular weight excluding hydrogens is 768 g/mol. The van der Waals surface area contributed by atoms with E-state index in [1.54, 1.807) is 118 Å². The number of halogens is 2. The van der Waals surface area contributed by atoms with Crippen LogP contribution in [0, 0.1) is 6.92 Å². The van der Waals surface area contributed by atoms with Gasteiger partial charge in [0, 0.05) is 21.8 Å². The van der Waals surface area contributed by atoms with Gasteiger partial charge in [-0.25, -0.2) is 4.79 Å². The van der Waals surface area contributed by atoms with E-state index in [4.69, 9.17) is 27.9 Å². The van der Waals surface area contributed by atoms with Crippen molar-refractivity contribution >= 4 is 98.4 Å². The molecule has 0 fully saturated rings. The minimum atomic E-state index is -0.680. The van der Waals surface area contributed by atoms with Crippen molar-refractivity contribution in [1.82, 2.24) is 5.32 Å². The second-order valence-electron chi connectivity index (χ2n) is 11.6. The molecule has 4 amide bonds. The van der Waals surface area contributed by atoms with E-state index in [1.807, 2.05) is 6.07 Å². The summed E-state index contributed by atoms with van der Waals surface area (Å²) in [5.41, 5.74) is 2.15. The molecule has 0 radical (unpaired) electrons. The molecule has 5 rings (SSSR count). The molecule has 5 aromatic rings. The topological polar surface area (TPSA) is 143 Å². The van der Waals surface area contributed by atoms with E-state index >= 15 is 0 Å². The van der Waals surface area contributed by atoms with E-state index in [0.717, 1.165) is 11.3 Å². The van der Waals surface area contributed by atoms with E-state index in [1.165, 1.54) is 17.8 Å². The van der Waals surface area contributed by atoms with E-state index in [0.29, 0.717) is 33.0 Å². The molecule has 4 N–H and O–H groups in total. The van der Waals surface area contributed by atoms with Crippen LogP contribution in [0.1, 0.15) is 55.4 Å². The van der Waals surface area contributed by atoms with Crippen LogP contribution < -0.4 is 21.3 Å². The van der Waals surface area contributed by atoms with Gasteiger partial charge in [-0.1, -0.05) is 77.8 Å². The minimum Gasteiger partial charge on any atom is -0.462 e. The van der Waals surface area contributed by atoms with Crippen LogP contribution in [0.5, 0.6) is 0 Å². The number of amides is 4. The fourth-order valence-corrected chi connectivity index (χ4v) is 7.41. The van der Waals surface area contributed by atoms with Crippen molar-refractivity contribution in [3.05, 3.63) is 146 Å². The average molecular weight is 802 g/mol. The van der Waals surface area contributed by atoms with Crippen molar-refractivity contribution in [2.75, 3.05) is 22.6 Å². The molecule has 54 heavy (non-hydrogen) atoms. The van der Waals surface area contributed by atoms with Gasteiger partial charge in [-0.05, 0) is 86.5 Å². The Morgan fingerprint density at radius 3 is 2.19 bits per heavy atom. The summed E-state index contributed by atoms with van der Waals surface area (Å²) in [4.78, 5) is 67.3. The number of benzene rings is 4. The standard InChI is InChI=1S/C40H34Cl2N4O6S2/c1-4-52-40(51)32-23(2)34(38(50)43-27-16-9-6-10-17-27)54-39(32)46-35(47)24(3)53-29-19-12-18-28(22-29)44-37(49)31(21-26-15-11-20-30(41)33(26)42)45-36(48)25-13-7-5-8-14-25/h5-22,24H,4H2,1-3H3,(H,43,50)(H,44,49)(H,45,48)(H,46,47)/b31-21+. The lowest BCUT2D eigenvalue weighted by molar-refractivity contribution is -0.115. The molecule has 1 aromatic heterocycles. The maximum Gasteiger partial charge on any atom is 0.341 e. The summed E-state index contributed by atoms with van der Waals surface area (Å²) in [5.74, 6) is -2.65. The predicted octanol–water partition coefficient (Wildman–Crippen LogP) is 9.32. The first-order chi connectivity index (χ1) is 25.9. The van der Waals surface area contributed by atoms with Gasteiger partial charge in [0.25, 0.3) is 17.7 Å². The monoisotopic (exact) mass is 800 g/mol. The molecule has 276 valence electrons. The van der Waals surface area contributed by atoms with Gasteiger partial charge in [0.1, 0.15) is 10.7 Å². The smallest absolute Gasteiger partial charge is 0.341 e. The summed E-state index contributed by atoms with van der Waals surface area (Å²) in [6, 6.07) is 29.1. The van der Waals surface area contributed by atoms with Gasteiger partial charge < -0.3 is 26.0 Å². The minimum absolute atomic E-state index is 0.0840. The number of hydrogen-bond donors (Lipinski definition) is 4. The number of hydrogen-bond acceptors (Lipinski definition) is 8. The lowest BCUT2D eigenvalue weighted by atomic mass is 10.1. The van der Waals surface area contributed by atoms with Gasteiger partial charge in [-0.3, -0.25) is 19.2 Å². The lowest BCUT2D eigenvalue weighted by Gasteiger charge is -2.14. The number of carbonyl (C=O) groups excluding carboxylic acids is 5. The van der Waals surface area contributed by atoms with E-state index in [9.17, 15) is 24.0 Å². The van der Waals surface area contributed by atoms with E-state index in [-0.39, 0.29) is 37.8 Å². The maximum atomic E-state index is 13.6. The quantitative estimate of drug-likeness (QED) is 0.0528. The summed E-state index contributed by atoms with van der Waals surface area (Å²) >= 11 is 14.8. The summed E-state index contributed by atoms with van der Waals surface area (Å²) in [5, 5.41) is 11.1. The first-order valence-corrected chi connectivity index (χ1v) is 19.0. The number of carbonyl (C=O) groups is 5. The predicted molar refractivity (Wildman–Crippen MR) is 217 cm³/mol. The SMILES string of the molecule is CCOC(=O)c1c(NC(=O)C(C)Sc2cccc(NC(=O)/C(=C\c3cccc(Cl)c3Cl)NC(=O)c3ccccc3)c2)sc(C(=O)Nc2ccccc2)c1C. The van der Waals surface area contributed by atoms with Crippen molar-refractivity contribution in [3.63, 3.8) is 0 Å². The normalized spacial score (nSPS) is 11.6. The maximum absolute atomic E-state index is 13.6. The Hall–Kier alpha value is -5.40. The molecule has 1 heterocycles. The Kier molecular flexibility index (Phi) is 13.7. The Morgan fingerprint density at radius 1 is 0.815 bits per heavy atom. The van der Waals surface area contributed by atoms with Crippen molar-refractivity contribution in [2.24, 2.45) is 0 Å². The molecular formula is C40H34Cl2N4O6S2. The van der Waals surface area contributed by atoms with Crippen LogP contribution in [0.4, 0.5) is 16.4 Å². The molecule has 0 aliphatic carbocycles. The Labute approximate surface area is 330 Å².